The van der Waals surface area contributed by atoms with Crippen molar-refractivity contribution >= 4 is 23.6 Å². The number of urea groups is 1. The number of H-pyrrole nitrogens is 1. The minimum atomic E-state index is -0.266. The van der Waals surface area contributed by atoms with Gasteiger partial charge in [0, 0.05) is 68.2 Å². The third kappa shape index (κ3) is 5.26. The second-order valence-electron chi connectivity index (χ2n) is 11.0. The lowest BCUT2D eigenvalue weighted by Gasteiger charge is -2.43. The van der Waals surface area contributed by atoms with Gasteiger partial charge in [-0.1, -0.05) is 6.07 Å². The molecule has 0 spiro atoms. The van der Waals surface area contributed by atoms with E-state index in [1.54, 1.807) is 6.20 Å². The molecule has 2 unspecified atom stereocenters. The highest BCUT2D eigenvalue weighted by atomic mass is 16.5. The van der Waals surface area contributed by atoms with Crippen LogP contribution in [0.15, 0.2) is 42.7 Å². The Labute approximate surface area is 226 Å². The van der Waals surface area contributed by atoms with E-state index in [0.717, 1.165) is 63.1 Å². The summed E-state index contributed by atoms with van der Waals surface area (Å²) in [6.45, 7) is 2.99. The Balaban J connectivity index is 1.06. The molecule has 2 amide bonds. The maximum Gasteiger partial charge on any atom is 0.320 e. The Hall–Kier alpha value is -3.77. The summed E-state index contributed by atoms with van der Waals surface area (Å²) in [5.41, 5.74) is 2.04. The summed E-state index contributed by atoms with van der Waals surface area (Å²) >= 11 is 0. The number of rotatable bonds is 3. The smallest absolute Gasteiger partial charge is 0.320 e. The van der Waals surface area contributed by atoms with Crippen molar-refractivity contribution in [1.82, 2.24) is 40.3 Å². The number of nitrogens with one attached hydrogen (secondary N) is 4. The summed E-state index contributed by atoms with van der Waals surface area (Å²) in [7, 11) is 0. The van der Waals surface area contributed by atoms with Crippen LogP contribution in [-0.2, 0) is 11.3 Å². The Kier molecular flexibility index (Phi) is 6.49. The van der Waals surface area contributed by atoms with Crippen molar-refractivity contribution in [3.05, 3.63) is 54.1 Å². The first kappa shape index (κ1) is 24.3. The third-order valence-electron chi connectivity index (χ3n) is 8.29. The van der Waals surface area contributed by atoms with Crippen LogP contribution in [0.25, 0.3) is 0 Å². The van der Waals surface area contributed by atoms with E-state index < -0.39 is 0 Å². The summed E-state index contributed by atoms with van der Waals surface area (Å²) in [6, 6.07) is 10.3. The first-order valence-electron chi connectivity index (χ1n) is 13.9. The summed E-state index contributed by atoms with van der Waals surface area (Å²) in [4.78, 5) is 31.5. The van der Waals surface area contributed by atoms with Gasteiger partial charge in [-0.15, -0.1) is 0 Å². The molecule has 4 aliphatic heterocycles. The van der Waals surface area contributed by atoms with Gasteiger partial charge < -0.3 is 20.7 Å². The fourth-order valence-electron chi connectivity index (χ4n) is 6.23. The second-order valence-corrected chi connectivity index (χ2v) is 11.0. The molecule has 3 aromatic heterocycles. The molecule has 0 aromatic carbocycles. The Morgan fingerprint density at radius 3 is 2.82 bits per heavy atom. The molecule has 5 aliphatic rings. The molecule has 2 atom stereocenters. The lowest BCUT2D eigenvalue weighted by molar-refractivity contribution is -0.0266. The normalized spacial score (nSPS) is 26.9. The van der Waals surface area contributed by atoms with Crippen molar-refractivity contribution in [3.8, 4) is 0 Å². The SMILES string of the molecule is O=C(NC1CN(Cc2ccccn2)C1)N1C2CCC(CC2)Nc2nccc(n2)Nc2cc([nH]n2)C2COC1C2. The molecule has 3 fully saturated rings. The number of fused-ring (bicyclic) bond motifs is 2. The number of amides is 2. The number of likely N-dealkylation sites (tertiary alicyclic amines) is 1. The monoisotopic (exact) mass is 530 g/mol. The van der Waals surface area contributed by atoms with E-state index in [4.69, 9.17) is 4.74 Å². The van der Waals surface area contributed by atoms with Crippen LogP contribution in [0.5, 0.6) is 0 Å². The standard InChI is InChI=1S/C27H34N10O2/c38-27(31-20-14-36(15-20)13-19-3-1-2-9-28-19)37-21-6-4-18(5-7-21)30-26-29-10-8-23(33-26)32-24-12-22(34-35-24)17-11-25(37)39-16-17/h1-3,8-10,12,17-18,20-21,25H,4-7,11,13-16H2,(H,31,38)(H3,29,30,32,33,34,35). The molecule has 2 saturated heterocycles. The van der Waals surface area contributed by atoms with Gasteiger partial charge in [0.05, 0.1) is 18.3 Å². The molecular weight excluding hydrogens is 496 g/mol. The lowest BCUT2D eigenvalue weighted by Crippen LogP contribution is -2.63. The first-order valence-corrected chi connectivity index (χ1v) is 13.9. The van der Waals surface area contributed by atoms with Gasteiger partial charge in [0.2, 0.25) is 5.95 Å². The van der Waals surface area contributed by atoms with Crippen LogP contribution in [0.2, 0.25) is 0 Å². The molecule has 8 bridgehead atoms. The van der Waals surface area contributed by atoms with Crippen molar-refractivity contribution in [2.45, 2.75) is 68.9 Å². The minimum Gasteiger partial charge on any atom is -0.358 e. The number of hydrogen-bond donors (Lipinski definition) is 4. The molecule has 0 radical (unpaired) electrons. The van der Waals surface area contributed by atoms with E-state index in [-0.39, 0.29) is 36.3 Å². The Morgan fingerprint density at radius 2 is 1.97 bits per heavy atom. The molecule has 12 heteroatoms. The maximum absolute atomic E-state index is 13.8. The number of carbonyl (C=O) groups is 1. The summed E-state index contributed by atoms with van der Waals surface area (Å²) in [5.74, 6) is 2.13. The number of hydrogen-bond acceptors (Lipinski definition) is 9. The number of nitrogens with zero attached hydrogens (tertiary/aromatic N) is 6. The minimum absolute atomic E-state index is 0.0244. The van der Waals surface area contributed by atoms with Gasteiger partial charge in [0.1, 0.15) is 12.0 Å². The second kappa shape index (κ2) is 10.4. The number of aromatic amines is 1. The van der Waals surface area contributed by atoms with Crippen molar-refractivity contribution < 1.29 is 9.53 Å². The molecule has 8 rings (SSSR count). The zero-order valence-electron chi connectivity index (χ0n) is 21.8. The molecule has 1 saturated carbocycles. The molecule has 12 nitrogen and oxygen atoms in total. The predicted octanol–water partition coefficient (Wildman–Crippen LogP) is 2.80. The van der Waals surface area contributed by atoms with Gasteiger partial charge in [-0.2, -0.15) is 10.1 Å². The molecule has 4 N–H and O–H groups in total. The van der Waals surface area contributed by atoms with Crippen LogP contribution < -0.4 is 16.0 Å². The van der Waals surface area contributed by atoms with Crippen LogP contribution in [0, 0.1) is 0 Å². The average molecular weight is 531 g/mol. The maximum atomic E-state index is 13.8. The van der Waals surface area contributed by atoms with Crippen LogP contribution in [0.3, 0.4) is 0 Å². The van der Waals surface area contributed by atoms with Crippen molar-refractivity contribution in [2.75, 3.05) is 30.3 Å². The van der Waals surface area contributed by atoms with E-state index in [9.17, 15) is 4.79 Å². The zero-order chi connectivity index (χ0) is 26.2. The van der Waals surface area contributed by atoms with E-state index in [1.807, 2.05) is 41.4 Å². The van der Waals surface area contributed by atoms with Gasteiger partial charge in [0.15, 0.2) is 5.82 Å². The quantitative estimate of drug-likeness (QED) is 0.403. The highest BCUT2D eigenvalue weighted by Gasteiger charge is 2.41. The van der Waals surface area contributed by atoms with E-state index in [1.165, 1.54) is 0 Å². The molecule has 3 aromatic rings. The molecule has 39 heavy (non-hydrogen) atoms. The molecule has 7 heterocycles. The van der Waals surface area contributed by atoms with Crippen molar-refractivity contribution in [2.24, 2.45) is 0 Å². The number of carbonyl (C=O) groups excluding carboxylic acids is 1. The zero-order valence-corrected chi connectivity index (χ0v) is 21.8. The average Bonchev–Trinajstić information content (AvgIpc) is 3.59. The van der Waals surface area contributed by atoms with Gasteiger partial charge in [-0.05, 0) is 43.9 Å². The number of pyridine rings is 1. The summed E-state index contributed by atoms with van der Waals surface area (Å²) < 4.78 is 6.30. The van der Waals surface area contributed by atoms with Gasteiger partial charge in [-0.3, -0.25) is 19.9 Å². The fraction of sp³-hybridized carbons (Fsp3) is 0.519. The number of anilines is 3. The van der Waals surface area contributed by atoms with E-state index in [0.29, 0.717) is 24.2 Å². The summed E-state index contributed by atoms with van der Waals surface area (Å²) in [6.07, 6.45) is 7.72. The predicted molar refractivity (Wildman–Crippen MR) is 144 cm³/mol. The molecular formula is C27H34N10O2. The van der Waals surface area contributed by atoms with Crippen molar-refractivity contribution in [1.29, 1.82) is 0 Å². The third-order valence-corrected chi connectivity index (χ3v) is 8.29. The van der Waals surface area contributed by atoms with Crippen molar-refractivity contribution in [3.63, 3.8) is 0 Å². The summed E-state index contributed by atoms with van der Waals surface area (Å²) in [5, 5.41) is 17.7. The van der Waals surface area contributed by atoms with E-state index >= 15 is 0 Å². The van der Waals surface area contributed by atoms with Gasteiger partial charge in [0.25, 0.3) is 0 Å². The fourth-order valence-corrected chi connectivity index (χ4v) is 6.23. The largest absolute Gasteiger partial charge is 0.358 e. The molecule has 204 valence electrons. The van der Waals surface area contributed by atoms with Crippen LogP contribution in [0.4, 0.5) is 22.4 Å². The van der Waals surface area contributed by atoms with Gasteiger partial charge in [-0.25, -0.2) is 9.78 Å². The lowest BCUT2D eigenvalue weighted by atomic mass is 9.89. The van der Waals surface area contributed by atoms with Crippen LogP contribution >= 0.6 is 0 Å². The van der Waals surface area contributed by atoms with Crippen LogP contribution in [0.1, 0.15) is 49.4 Å². The topological polar surface area (TPSA) is 136 Å². The van der Waals surface area contributed by atoms with Gasteiger partial charge >= 0.3 is 6.03 Å². The molecule has 1 aliphatic carbocycles. The van der Waals surface area contributed by atoms with Crippen LogP contribution in [-0.4, -0.2) is 85.0 Å². The number of aromatic nitrogens is 5. The number of ether oxygens (including phenoxy) is 1. The highest BCUT2D eigenvalue weighted by molar-refractivity contribution is 5.75. The first-order chi connectivity index (χ1) is 19.2. The Morgan fingerprint density at radius 1 is 1.08 bits per heavy atom. The highest BCUT2D eigenvalue weighted by Crippen LogP contribution is 2.35. The Bertz CT molecular complexity index is 1290. The van der Waals surface area contributed by atoms with E-state index in [2.05, 4.69) is 46.0 Å².